The first kappa shape index (κ1) is 29.2. The van der Waals surface area contributed by atoms with E-state index in [0.717, 1.165) is 28.2 Å². The van der Waals surface area contributed by atoms with E-state index >= 15 is 0 Å². The van der Waals surface area contributed by atoms with Crippen LogP contribution >= 0.6 is 11.8 Å². The Hall–Kier alpha value is -2.33. The van der Waals surface area contributed by atoms with E-state index in [9.17, 15) is 9.90 Å². The van der Waals surface area contributed by atoms with Crippen molar-refractivity contribution < 1.29 is 14.3 Å². The molecule has 1 aliphatic carbocycles. The molecular weight excluding hydrogens is 476 g/mol. The number of allylic oxidation sites excluding steroid dienone is 8. The summed E-state index contributed by atoms with van der Waals surface area (Å²) in [5.41, 5.74) is 2.61. The van der Waals surface area contributed by atoms with Crippen molar-refractivity contribution in [3.05, 3.63) is 79.2 Å². The first-order chi connectivity index (χ1) is 16.6. The monoisotopic (exact) mass is 520 g/mol. The lowest BCUT2D eigenvalue weighted by molar-refractivity contribution is -0.300. The van der Waals surface area contributed by atoms with Crippen molar-refractivity contribution in [3.8, 4) is 0 Å². The van der Waals surface area contributed by atoms with E-state index in [4.69, 9.17) is 4.42 Å². The molecule has 200 valence electrons. The first-order valence-electron chi connectivity index (χ1n) is 13.1. The summed E-state index contributed by atoms with van der Waals surface area (Å²) in [6.07, 6.45) is 6.03. The van der Waals surface area contributed by atoms with Gasteiger partial charge < -0.3 is 5.11 Å². The van der Waals surface area contributed by atoms with Gasteiger partial charge in [-0.3, -0.25) is 4.79 Å². The SMILES string of the molecule is CC(=C1C=C(C(C)(C)C)SC(C(C)(C)C)=C1)C1=C([O-])C(=Cc2cc(C(C)(C)C)[o+]c(C(C)(C)C)c2)C1=O. The molecule has 0 fully saturated rings. The van der Waals surface area contributed by atoms with Gasteiger partial charge in [-0.15, -0.1) is 0 Å². The highest BCUT2D eigenvalue weighted by atomic mass is 32.2. The van der Waals surface area contributed by atoms with Crippen molar-refractivity contribution >= 4 is 23.6 Å². The summed E-state index contributed by atoms with van der Waals surface area (Å²) in [5, 5.41) is 13.4. The van der Waals surface area contributed by atoms with Gasteiger partial charge in [0.15, 0.2) is 5.78 Å². The molecule has 2 heterocycles. The van der Waals surface area contributed by atoms with Crippen molar-refractivity contribution in [2.24, 2.45) is 10.8 Å². The standard InChI is InChI=1S/C33H44O3S/c1-19(21-17-25(32(8,9)10)37-26(18-21)33(11,12)13)27-28(34)22(29(27)35)14-20-15-23(30(2,3)4)36-24(16-20)31(5,6)7/h14-18H,1-13H3. The molecule has 2 aliphatic rings. The number of Topliss-reactive ketones (excluding diaryl/α,β-unsaturated/α-hetero) is 1. The lowest BCUT2D eigenvalue weighted by Crippen LogP contribution is -2.31. The van der Waals surface area contributed by atoms with Crippen LogP contribution in [-0.2, 0) is 15.6 Å². The Morgan fingerprint density at radius 3 is 1.57 bits per heavy atom. The van der Waals surface area contributed by atoms with Crippen molar-refractivity contribution in [2.45, 2.75) is 101 Å². The van der Waals surface area contributed by atoms with Crippen LogP contribution in [0.4, 0.5) is 0 Å². The third-order valence-electron chi connectivity index (χ3n) is 6.63. The molecule has 3 rings (SSSR count). The van der Waals surface area contributed by atoms with Gasteiger partial charge in [0.2, 0.25) is 0 Å². The van der Waals surface area contributed by atoms with Crippen molar-refractivity contribution in [1.82, 2.24) is 0 Å². The van der Waals surface area contributed by atoms with Gasteiger partial charge in [-0.2, -0.15) is 0 Å². The Labute approximate surface area is 228 Å². The second-order valence-corrected chi connectivity index (χ2v) is 15.5. The van der Waals surface area contributed by atoms with E-state index in [-0.39, 0.29) is 38.8 Å². The van der Waals surface area contributed by atoms with Gasteiger partial charge >= 0.3 is 11.5 Å². The summed E-state index contributed by atoms with van der Waals surface area (Å²) in [6, 6.07) is 3.89. The molecule has 0 amide bonds. The predicted molar refractivity (Wildman–Crippen MR) is 156 cm³/mol. The molecule has 0 N–H and O–H groups in total. The number of hydrogen-bond donors (Lipinski definition) is 0. The molecule has 0 spiro atoms. The van der Waals surface area contributed by atoms with Gasteiger partial charge in [-0.1, -0.05) is 59.1 Å². The maximum absolute atomic E-state index is 13.4. The third kappa shape index (κ3) is 6.22. The van der Waals surface area contributed by atoms with Crippen molar-refractivity contribution in [2.75, 3.05) is 0 Å². The van der Waals surface area contributed by atoms with E-state index in [1.165, 1.54) is 9.81 Å². The minimum absolute atomic E-state index is 0.0296. The minimum atomic E-state index is -0.201. The zero-order chi connectivity index (χ0) is 28.3. The topological polar surface area (TPSA) is 51.4 Å². The van der Waals surface area contributed by atoms with Gasteiger partial charge in [0.05, 0.1) is 10.8 Å². The van der Waals surface area contributed by atoms with Crippen LogP contribution in [0.15, 0.2) is 66.6 Å². The van der Waals surface area contributed by atoms with E-state index in [1.807, 2.05) is 19.1 Å². The average Bonchev–Trinajstić information content (AvgIpc) is 2.74. The Kier molecular flexibility index (Phi) is 7.46. The lowest BCUT2D eigenvalue weighted by atomic mass is 9.80. The summed E-state index contributed by atoms with van der Waals surface area (Å²) < 4.78 is 6.22. The molecule has 0 radical (unpaired) electrons. The number of rotatable bonds is 2. The summed E-state index contributed by atoms with van der Waals surface area (Å²) in [6.45, 7) is 27.6. The molecule has 3 nitrogen and oxygen atoms in total. The van der Waals surface area contributed by atoms with Gasteiger partial charge in [0.1, 0.15) is 0 Å². The van der Waals surface area contributed by atoms with Crippen LogP contribution in [0.3, 0.4) is 0 Å². The van der Waals surface area contributed by atoms with Gasteiger partial charge in [-0.05, 0) is 104 Å². The molecular formula is C33H44O3S. The number of thioether (sulfide) groups is 1. The van der Waals surface area contributed by atoms with Crippen LogP contribution in [0.1, 0.15) is 107 Å². The second-order valence-electron chi connectivity index (χ2n) is 14.4. The Bertz CT molecular complexity index is 1220. The Morgan fingerprint density at radius 1 is 0.784 bits per heavy atom. The molecule has 0 saturated heterocycles. The zero-order valence-electron chi connectivity index (χ0n) is 25.0. The maximum Gasteiger partial charge on any atom is 0.335 e. The molecule has 0 bridgehead atoms. The molecule has 0 aromatic carbocycles. The first-order valence-corrected chi connectivity index (χ1v) is 13.9. The summed E-state index contributed by atoms with van der Waals surface area (Å²) in [4.78, 5) is 15.8. The average molecular weight is 521 g/mol. The number of ketones is 1. The molecule has 4 heteroatoms. The third-order valence-corrected chi connectivity index (χ3v) is 8.53. The number of hydrogen-bond acceptors (Lipinski definition) is 3. The van der Waals surface area contributed by atoms with Crippen LogP contribution in [-0.4, -0.2) is 5.78 Å². The maximum atomic E-state index is 13.4. The van der Waals surface area contributed by atoms with E-state index in [2.05, 4.69) is 95.2 Å². The van der Waals surface area contributed by atoms with Gasteiger partial charge in [-0.25, -0.2) is 4.42 Å². The minimum Gasteiger partial charge on any atom is -0.871 e. The van der Waals surface area contributed by atoms with E-state index in [1.54, 1.807) is 17.8 Å². The van der Waals surface area contributed by atoms with Crippen molar-refractivity contribution in [3.63, 3.8) is 0 Å². The molecule has 1 aliphatic heterocycles. The quantitative estimate of drug-likeness (QED) is 0.289. The fourth-order valence-electron chi connectivity index (χ4n) is 4.00. The summed E-state index contributed by atoms with van der Waals surface area (Å²) in [5.74, 6) is 1.29. The number of carbonyl (C=O) groups excluding carboxylic acids is 1. The molecule has 0 atom stereocenters. The van der Waals surface area contributed by atoms with E-state index < -0.39 is 0 Å². The largest absolute Gasteiger partial charge is 0.871 e. The predicted octanol–water partition coefficient (Wildman–Crippen LogP) is 8.66. The zero-order valence-corrected chi connectivity index (χ0v) is 25.8. The highest BCUT2D eigenvalue weighted by Gasteiger charge is 2.35. The molecule has 1 aromatic rings. The fraction of sp³-hybridized carbons (Fsp3) is 0.515. The fourth-order valence-corrected chi connectivity index (χ4v) is 5.22. The number of carbonyl (C=O) groups is 1. The molecule has 0 unspecified atom stereocenters. The summed E-state index contributed by atoms with van der Waals surface area (Å²) >= 11 is 1.80. The molecule has 37 heavy (non-hydrogen) atoms. The van der Waals surface area contributed by atoms with Crippen LogP contribution in [0, 0.1) is 10.8 Å². The van der Waals surface area contributed by atoms with Gasteiger partial charge in [0.25, 0.3) is 0 Å². The van der Waals surface area contributed by atoms with Crippen LogP contribution in [0.5, 0.6) is 0 Å². The highest BCUT2D eigenvalue weighted by molar-refractivity contribution is 8.06. The van der Waals surface area contributed by atoms with E-state index in [0.29, 0.717) is 5.57 Å². The van der Waals surface area contributed by atoms with Gasteiger partial charge in [0, 0.05) is 23.3 Å². The molecule has 0 saturated carbocycles. The lowest BCUT2D eigenvalue weighted by Gasteiger charge is -2.34. The Morgan fingerprint density at radius 2 is 1.22 bits per heavy atom. The molecule has 1 aromatic heterocycles. The second kappa shape index (κ2) is 9.45. The van der Waals surface area contributed by atoms with Crippen LogP contribution in [0.25, 0.3) is 6.08 Å². The normalized spacial score (nSPS) is 18.7. The smallest absolute Gasteiger partial charge is 0.335 e. The van der Waals surface area contributed by atoms with Crippen molar-refractivity contribution in [1.29, 1.82) is 0 Å². The van der Waals surface area contributed by atoms with Crippen LogP contribution in [0.2, 0.25) is 0 Å². The van der Waals surface area contributed by atoms with Crippen LogP contribution < -0.4 is 5.11 Å². The summed E-state index contributed by atoms with van der Waals surface area (Å²) in [7, 11) is 0. The Balaban J connectivity index is 2.13. The highest BCUT2D eigenvalue weighted by Crippen LogP contribution is 2.50.